The van der Waals surface area contributed by atoms with E-state index in [-0.39, 0.29) is 46.5 Å². The van der Waals surface area contributed by atoms with E-state index in [0.717, 1.165) is 23.5 Å². The summed E-state index contributed by atoms with van der Waals surface area (Å²) in [5.41, 5.74) is 0.985. The summed E-state index contributed by atoms with van der Waals surface area (Å²) in [6.07, 6.45) is -4.48. The Bertz CT molecular complexity index is 1290. The van der Waals surface area contributed by atoms with Gasteiger partial charge in [-0.2, -0.15) is 13.2 Å². The van der Waals surface area contributed by atoms with Gasteiger partial charge in [-0.3, -0.25) is 24.2 Å². The fraction of sp³-hybridized carbons (Fsp3) is 0.333. The van der Waals surface area contributed by atoms with Crippen molar-refractivity contribution in [2.75, 3.05) is 32.7 Å². The van der Waals surface area contributed by atoms with Crippen molar-refractivity contribution >= 4 is 62.1 Å². The Kier molecular flexibility index (Phi) is 5.87. The SMILES string of the molecule is O=C(c1sc2cc(C(F)(F)F)ccc2c1Cl)N1CC(N2CCN(C(=O)c3cscn3)C(=O)C2)C1. The quantitative estimate of drug-likeness (QED) is 0.483. The van der Waals surface area contributed by atoms with Crippen LogP contribution in [0.1, 0.15) is 25.7 Å². The highest BCUT2D eigenvalue weighted by atomic mass is 35.5. The molecule has 0 atom stereocenters. The van der Waals surface area contributed by atoms with Gasteiger partial charge in [0.25, 0.3) is 11.8 Å². The standard InChI is InChI=1S/C21H16ClF3N4O3S2/c22-17-13-2-1-11(21(23,24)25)5-15(13)34-18(17)20(32)28-6-12(7-28)27-3-4-29(16(30)8-27)19(31)14-9-33-10-26-14/h1-2,5,9-10,12H,3-4,6-8H2. The van der Waals surface area contributed by atoms with Crippen LogP contribution in [0, 0.1) is 0 Å². The predicted molar refractivity (Wildman–Crippen MR) is 121 cm³/mol. The number of amides is 3. The van der Waals surface area contributed by atoms with Crippen molar-refractivity contribution in [2.24, 2.45) is 0 Å². The van der Waals surface area contributed by atoms with Crippen LogP contribution in [0.5, 0.6) is 0 Å². The molecule has 0 aliphatic carbocycles. The third-order valence-corrected chi connectivity index (χ3v) is 8.20. The number of rotatable bonds is 3. The molecule has 0 unspecified atom stereocenters. The fourth-order valence-corrected chi connectivity index (χ4v) is 6.09. The largest absolute Gasteiger partial charge is 0.416 e. The lowest BCUT2D eigenvalue weighted by molar-refractivity contribution is -0.137. The van der Waals surface area contributed by atoms with Gasteiger partial charge >= 0.3 is 6.18 Å². The summed E-state index contributed by atoms with van der Waals surface area (Å²) >= 11 is 8.54. The number of thiazole rings is 1. The molecule has 2 aliphatic rings. The van der Waals surface area contributed by atoms with Crippen LogP contribution in [0.4, 0.5) is 13.2 Å². The minimum atomic E-state index is -4.48. The lowest BCUT2D eigenvalue weighted by Gasteiger charge is -2.47. The molecule has 0 radical (unpaired) electrons. The van der Waals surface area contributed by atoms with Crippen molar-refractivity contribution in [3.63, 3.8) is 0 Å². The maximum absolute atomic E-state index is 13.0. The molecule has 1 aromatic carbocycles. The van der Waals surface area contributed by atoms with Crippen LogP contribution in [-0.4, -0.2) is 76.2 Å². The van der Waals surface area contributed by atoms with E-state index >= 15 is 0 Å². The first-order valence-electron chi connectivity index (χ1n) is 10.2. The molecule has 5 rings (SSSR count). The van der Waals surface area contributed by atoms with Crippen LogP contribution in [0.15, 0.2) is 29.1 Å². The van der Waals surface area contributed by atoms with Crippen molar-refractivity contribution < 1.29 is 27.6 Å². The Hall–Kier alpha value is -2.54. The maximum atomic E-state index is 13.0. The average molecular weight is 529 g/mol. The molecule has 0 saturated carbocycles. The van der Waals surface area contributed by atoms with Crippen molar-refractivity contribution in [2.45, 2.75) is 12.2 Å². The molecule has 13 heteroatoms. The minimum Gasteiger partial charge on any atom is -0.335 e. The van der Waals surface area contributed by atoms with Crippen molar-refractivity contribution in [3.05, 3.63) is 50.2 Å². The molecular weight excluding hydrogens is 513 g/mol. The molecule has 178 valence electrons. The third kappa shape index (κ3) is 4.08. The molecule has 7 nitrogen and oxygen atoms in total. The number of nitrogens with zero attached hydrogens (tertiary/aromatic N) is 4. The van der Waals surface area contributed by atoms with Gasteiger partial charge in [0.2, 0.25) is 5.91 Å². The van der Waals surface area contributed by atoms with Crippen molar-refractivity contribution in [3.8, 4) is 0 Å². The van der Waals surface area contributed by atoms with Gasteiger partial charge in [-0.05, 0) is 12.1 Å². The fourth-order valence-electron chi connectivity index (χ4n) is 4.05. The number of hydrogen-bond acceptors (Lipinski definition) is 7. The van der Waals surface area contributed by atoms with E-state index in [4.69, 9.17) is 11.6 Å². The van der Waals surface area contributed by atoms with Crippen LogP contribution in [0.3, 0.4) is 0 Å². The zero-order chi connectivity index (χ0) is 24.2. The van der Waals surface area contributed by atoms with Crippen LogP contribution in [0.2, 0.25) is 5.02 Å². The van der Waals surface area contributed by atoms with Gasteiger partial charge in [-0.25, -0.2) is 4.98 Å². The topological polar surface area (TPSA) is 73.8 Å². The summed E-state index contributed by atoms with van der Waals surface area (Å²) in [5, 5.41) is 2.15. The van der Waals surface area contributed by atoms with Gasteiger partial charge in [-0.1, -0.05) is 17.7 Å². The first kappa shape index (κ1) is 23.2. The summed E-state index contributed by atoms with van der Waals surface area (Å²) in [4.78, 5) is 46.7. The molecule has 34 heavy (non-hydrogen) atoms. The Labute approximate surface area is 204 Å². The zero-order valence-electron chi connectivity index (χ0n) is 17.3. The molecular formula is C21H16ClF3N4O3S2. The number of alkyl halides is 3. The van der Waals surface area contributed by atoms with Crippen LogP contribution in [0.25, 0.3) is 10.1 Å². The Morgan fingerprint density at radius 3 is 2.56 bits per heavy atom. The second-order valence-corrected chi connectivity index (χ2v) is 10.2. The molecule has 3 amide bonds. The van der Waals surface area contributed by atoms with Gasteiger partial charge in [0.05, 0.1) is 22.6 Å². The molecule has 0 spiro atoms. The number of thiophene rings is 1. The summed E-state index contributed by atoms with van der Waals surface area (Å²) in [6, 6.07) is 3.18. The molecule has 2 saturated heterocycles. The lowest BCUT2D eigenvalue weighted by Crippen LogP contribution is -2.65. The number of benzene rings is 1. The second-order valence-electron chi connectivity index (χ2n) is 8.01. The predicted octanol–water partition coefficient (Wildman–Crippen LogP) is 3.84. The number of aromatic nitrogens is 1. The van der Waals surface area contributed by atoms with E-state index in [1.165, 1.54) is 27.8 Å². The molecule has 2 fully saturated rings. The molecule has 4 heterocycles. The van der Waals surface area contributed by atoms with E-state index in [1.54, 1.807) is 10.3 Å². The number of carbonyl (C=O) groups excluding carboxylic acids is 3. The lowest BCUT2D eigenvalue weighted by atomic mass is 10.1. The molecule has 0 bridgehead atoms. The number of likely N-dealkylation sites (tertiary alicyclic amines) is 1. The van der Waals surface area contributed by atoms with Crippen LogP contribution in [-0.2, 0) is 11.0 Å². The summed E-state index contributed by atoms with van der Waals surface area (Å²) in [5.74, 6) is -1.08. The van der Waals surface area contributed by atoms with E-state index in [0.29, 0.717) is 29.7 Å². The van der Waals surface area contributed by atoms with Crippen molar-refractivity contribution in [1.82, 2.24) is 19.7 Å². The smallest absolute Gasteiger partial charge is 0.335 e. The van der Waals surface area contributed by atoms with Gasteiger partial charge < -0.3 is 4.90 Å². The molecule has 3 aromatic rings. The zero-order valence-corrected chi connectivity index (χ0v) is 19.7. The minimum absolute atomic E-state index is 0.0468. The number of hydrogen-bond donors (Lipinski definition) is 0. The van der Waals surface area contributed by atoms with E-state index < -0.39 is 17.6 Å². The highest BCUT2D eigenvalue weighted by molar-refractivity contribution is 7.21. The molecule has 2 aliphatic heterocycles. The number of halogens is 4. The number of carbonyl (C=O) groups is 3. The van der Waals surface area contributed by atoms with Gasteiger partial charge in [-0.15, -0.1) is 22.7 Å². The van der Waals surface area contributed by atoms with Gasteiger partial charge in [0.15, 0.2) is 0 Å². The van der Waals surface area contributed by atoms with Crippen molar-refractivity contribution in [1.29, 1.82) is 0 Å². The summed E-state index contributed by atoms with van der Waals surface area (Å²) < 4.78 is 39.3. The normalized spacial score (nSPS) is 17.9. The third-order valence-electron chi connectivity index (χ3n) is 5.96. The first-order valence-corrected chi connectivity index (χ1v) is 12.3. The molecule has 2 aromatic heterocycles. The van der Waals surface area contributed by atoms with Crippen LogP contribution < -0.4 is 0 Å². The molecule has 0 N–H and O–H groups in total. The first-order chi connectivity index (χ1) is 16.1. The average Bonchev–Trinajstić information content (AvgIpc) is 3.40. The van der Waals surface area contributed by atoms with E-state index in [9.17, 15) is 27.6 Å². The monoisotopic (exact) mass is 528 g/mol. The Morgan fingerprint density at radius 1 is 1.15 bits per heavy atom. The number of imide groups is 1. The number of piperazine rings is 1. The summed E-state index contributed by atoms with van der Waals surface area (Å²) in [7, 11) is 0. The maximum Gasteiger partial charge on any atom is 0.416 e. The van der Waals surface area contributed by atoms with Gasteiger partial charge in [0.1, 0.15) is 10.6 Å². The van der Waals surface area contributed by atoms with Gasteiger partial charge in [0, 0.05) is 47.7 Å². The van der Waals surface area contributed by atoms with E-state index in [1.807, 2.05) is 4.90 Å². The highest BCUT2D eigenvalue weighted by Gasteiger charge is 2.40. The van der Waals surface area contributed by atoms with E-state index in [2.05, 4.69) is 4.98 Å². The Morgan fingerprint density at radius 2 is 1.91 bits per heavy atom. The second kappa shape index (κ2) is 8.59. The number of fused-ring (bicyclic) bond motifs is 1. The highest BCUT2D eigenvalue weighted by Crippen LogP contribution is 2.40. The van der Waals surface area contributed by atoms with Crippen LogP contribution >= 0.6 is 34.3 Å². The Balaban J connectivity index is 1.22. The summed E-state index contributed by atoms with van der Waals surface area (Å²) in [6.45, 7) is 1.52.